The third-order valence-corrected chi connectivity index (χ3v) is 7.10. The fraction of sp³-hybridized carbons (Fsp3) is 0.222. The van der Waals surface area contributed by atoms with Gasteiger partial charge >= 0.3 is 0 Å². The van der Waals surface area contributed by atoms with Crippen molar-refractivity contribution in [2.75, 3.05) is 5.75 Å². The smallest absolute Gasteiger partial charge is 0.263 e. The van der Waals surface area contributed by atoms with E-state index in [1.165, 1.54) is 23.5 Å². The van der Waals surface area contributed by atoms with Crippen LogP contribution in [0.25, 0.3) is 10.6 Å². The van der Waals surface area contributed by atoms with E-state index in [-0.39, 0.29) is 17.8 Å². The zero-order chi connectivity index (χ0) is 17.4. The van der Waals surface area contributed by atoms with Crippen LogP contribution < -0.4 is 5.32 Å². The lowest BCUT2D eigenvalue weighted by molar-refractivity contribution is 0.0938. The van der Waals surface area contributed by atoms with Gasteiger partial charge in [-0.2, -0.15) is 11.3 Å². The predicted molar refractivity (Wildman–Crippen MR) is 102 cm³/mol. The zero-order valence-electron chi connectivity index (χ0n) is 13.4. The number of hydrogen-bond donors (Lipinski definition) is 1. The van der Waals surface area contributed by atoms with Crippen molar-refractivity contribution in [3.05, 3.63) is 57.0 Å². The van der Waals surface area contributed by atoms with Crippen LogP contribution in [0.3, 0.4) is 0 Å². The molecule has 1 unspecified atom stereocenters. The molecule has 7 heteroatoms. The van der Waals surface area contributed by atoms with Crippen molar-refractivity contribution >= 4 is 40.3 Å². The quantitative estimate of drug-likeness (QED) is 0.661. The van der Waals surface area contributed by atoms with Crippen molar-refractivity contribution in [2.45, 2.75) is 24.3 Å². The summed E-state index contributed by atoms with van der Waals surface area (Å²) < 4.78 is 13.6. The van der Waals surface area contributed by atoms with Crippen molar-refractivity contribution in [3.8, 4) is 10.6 Å². The normalized spacial score (nSPS) is 16.5. The van der Waals surface area contributed by atoms with Crippen molar-refractivity contribution < 1.29 is 9.18 Å². The van der Waals surface area contributed by atoms with Gasteiger partial charge in [-0.15, -0.1) is 23.1 Å². The number of hydrogen-bond acceptors (Lipinski definition) is 5. The number of benzene rings is 1. The van der Waals surface area contributed by atoms with Crippen LogP contribution >= 0.6 is 34.4 Å². The van der Waals surface area contributed by atoms with Crippen molar-refractivity contribution in [1.29, 1.82) is 0 Å². The largest absolute Gasteiger partial charge is 0.344 e. The summed E-state index contributed by atoms with van der Waals surface area (Å²) in [5, 5.41) is 7.95. The van der Waals surface area contributed by atoms with Gasteiger partial charge in [-0.1, -0.05) is 0 Å². The highest BCUT2D eigenvalue weighted by Crippen LogP contribution is 2.37. The van der Waals surface area contributed by atoms with Crippen molar-refractivity contribution in [3.63, 3.8) is 0 Å². The number of carbonyl (C=O) groups excluding carboxylic acids is 1. The van der Waals surface area contributed by atoms with E-state index >= 15 is 0 Å². The van der Waals surface area contributed by atoms with Gasteiger partial charge < -0.3 is 5.32 Å². The molecule has 25 heavy (non-hydrogen) atoms. The minimum absolute atomic E-state index is 0.136. The number of thiophene rings is 1. The minimum atomic E-state index is -0.269. The summed E-state index contributed by atoms with van der Waals surface area (Å²) >= 11 is 4.71. The molecule has 128 valence electrons. The zero-order valence-corrected chi connectivity index (χ0v) is 15.9. The number of thioether (sulfide) groups is 1. The standard InChI is InChI=1S/C18H15FN2OS3/c1-10-16(25-18(20-10)11-4-6-23-9-11)17(22)21-14-5-7-24-15-3-2-12(19)8-13(14)15/h2-4,6,8-9,14H,5,7H2,1H3,(H,21,22). The molecule has 1 amide bonds. The second kappa shape index (κ2) is 6.90. The van der Waals surface area contributed by atoms with Crippen LogP contribution in [0.5, 0.6) is 0 Å². The van der Waals surface area contributed by atoms with E-state index in [0.717, 1.165) is 38.9 Å². The van der Waals surface area contributed by atoms with Gasteiger partial charge in [0, 0.05) is 21.6 Å². The Bertz CT molecular complexity index is 921. The van der Waals surface area contributed by atoms with Gasteiger partial charge in [0.05, 0.1) is 11.7 Å². The van der Waals surface area contributed by atoms with Crippen LogP contribution in [0.1, 0.15) is 33.4 Å². The Kier molecular flexibility index (Phi) is 4.62. The molecule has 1 aromatic carbocycles. The molecular formula is C18H15FN2OS3. The summed E-state index contributed by atoms with van der Waals surface area (Å²) in [6.07, 6.45) is 0.794. The van der Waals surface area contributed by atoms with Crippen LogP contribution in [-0.2, 0) is 0 Å². The maximum atomic E-state index is 13.6. The average Bonchev–Trinajstić information content (AvgIpc) is 3.24. The van der Waals surface area contributed by atoms with Crippen LogP contribution in [0.15, 0.2) is 39.9 Å². The number of aryl methyl sites for hydroxylation is 1. The van der Waals surface area contributed by atoms with Gasteiger partial charge in [0.1, 0.15) is 15.7 Å². The first-order valence-corrected chi connectivity index (χ1v) is 10.6. The molecule has 4 rings (SSSR count). The van der Waals surface area contributed by atoms with Gasteiger partial charge in [0.25, 0.3) is 5.91 Å². The average molecular weight is 391 g/mol. The van der Waals surface area contributed by atoms with E-state index in [1.54, 1.807) is 29.2 Å². The second-order valence-electron chi connectivity index (χ2n) is 5.79. The highest BCUT2D eigenvalue weighted by atomic mass is 32.2. The Morgan fingerprint density at radius 1 is 1.36 bits per heavy atom. The molecule has 0 bridgehead atoms. The third-order valence-electron chi connectivity index (χ3n) is 4.09. The van der Waals surface area contributed by atoms with Gasteiger partial charge in [-0.3, -0.25) is 4.79 Å². The molecule has 1 atom stereocenters. The molecule has 1 aliphatic heterocycles. The molecule has 1 N–H and O–H groups in total. The van der Waals surface area contributed by atoms with Gasteiger partial charge in [0.2, 0.25) is 0 Å². The number of thiazole rings is 1. The van der Waals surface area contributed by atoms with E-state index in [0.29, 0.717) is 4.88 Å². The summed E-state index contributed by atoms with van der Waals surface area (Å²) in [5.74, 6) is 0.503. The fourth-order valence-corrected chi connectivity index (χ4v) is 5.64. The molecule has 3 nitrogen and oxygen atoms in total. The molecular weight excluding hydrogens is 375 g/mol. The Hall–Kier alpha value is -1.70. The van der Waals surface area contributed by atoms with E-state index < -0.39 is 0 Å². The fourth-order valence-electron chi connectivity index (χ4n) is 2.86. The first kappa shape index (κ1) is 16.8. The summed E-state index contributed by atoms with van der Waals surface area (Å²) in [5.41, 5.74) is 2.64. The summed E-state index contributed by atoms with van der Waals surface area (Å²) in [7, 11) is 0. The highest BCUT2D eigenvalue weighted by Gasteiger charge is 2.25. The summed E-state index contributed by atoms with van der Waals surface area (Å²) in [6.45, 7) is 1.85. The van der Waals surface area contributed by atoms with E-state index in [2.05, 4.69) is 10.3 Å². The highest BCUT2D eigenvalue weighted by molar-refractivity contribution is 7.99. The Morgan fingerprint density at radius 2 is 2.24 bits per heavy atom. The number of rotatable bonds is 3. The predicted octanol–water partition coefficient (Wildman–Crippen LogP) is 5.29. The Morgan fingerprint density at radius 3 is 3.04 bits per heavy atom. The Labute approximate surface area is 157 Å². The number of halogens is 1. The lowest BCUT2D eigenvalue weighted by atomic mass is 10.0. The van der Waals surface area contributed by atoms with Gasteiger partial charge in [0.15, 0.2) is 0 Å². The van der Waals surface area contributed by atoms with Gasteiger partial charge in [-0.05, 0) is 48.6 Å². The topological polar surface area (TPSA) is 42.0 Å². The molecule has 0 radical (unpaired) electrons. The molecule has 0 aliphatic carbocycles. The van der Waals surface area contributed by atoms with E-state index in [1.807, 2.05) is 23.8 Å². The number of fused-ring (bicyclic) bond motifs is 1. The van der Waals surface area contributed by atoms with Crippen LogP contribution in [0, 0.1) is 12.7 Å². The van der Waals surface area contributed by atoms with Crippen LogP contribution in [0.2, 0.25) is 0 Å². The van der Waals surface area contributed by atoms with E-state index in [4.69, 9.17) is 0 Å². The van der Waals surface area contributed by atoms with Crippen LogP contribution in [-0.4, -0.2) is 16.6 Å². The minimum Gasteiger partial charge on any atom is -0.344 e. The van der Waals surface area contributed by atoms with Crippen molar-refractivity contribution in [1.82, 2.24) is 10.3 Å². The SMILES string of the molecule is Cc1nc(-c2ccsc2)sc1C(=O)NC1CCSc2ccc(F)cc21. The molecule has 2 aromatic heterocycles. The molecule has 0 saturated carbocycles. The van der Waals surface area contributed by atoms with Gasteiger partial charge in [-0.25, -0.2) is 9.37 Å². The summed E-state index contributed by atoms with van der Waals surface area (Å²) in [6, 6.07) is 6.63. The number of nitrogens with one attached hydrogen (secondary N) is 1. The first-order valence-electron chi connectivity index (χ1n) is 7.85. The van der Waals surface area contributed by atoms with Crippen molar-refractivity contribution in [2.24, 2.45) is 0 Å². The molecule has 3 aromatic rings. The second-order valence-corrected chi connectivity index (χ2v) is 8.71. The number of carbonyl (C=O) groups is 1. The molecule has 0 spiro atoms. The number of aromatic nitrogens is 1. The first-order chi connectivity index (χ1) is 12.1. The number of amides is 1. The maximum absolute atomic E-state index is 13.6. The summed E-state index contributed by atoms with van der Waals surface area (Å²) in [4.78, 5) is 19.0. The molecule has 0 fully saturated rings. The third kappa shape index (κ3) is 3.36. The van der Waals surface area contributed by atoms with E-state index in [9.17, 15) is 9.18 Å². The lowest BCUT2D eigenvalue weighted by Gasteiger charge is -2.25. The Balaban J connectivity index is 1.59. The lowest BCUT2D eigenvalue weighted by Crippen LogP contribution is -2.30. The molecule has 1 aliphatic rings. The van der Waals surface area contributed by atoms with Crippen LogP contribution in [0.4, 0.5) is 4.39 Å². The monoisotopic (exact) mass is 390 g/mol. The molecule has 3 heterocycles. The number of nitrogens with zero attached hydrogens (tertiary/aromatic N) is 1. The molecule has 0 saturated heterocycles. The maximum Gasteiger partial charge on any atom is 0.263 e.